The van der Waals surface area contributed by atoms with Crippen molar-refractivity contribution in [2.24, 2.45) is 0 Å². The number of rotatable bonds is 9. The van der Waals surface area contributed by atoms with Gasteiger partial charge in [0.15, 0.2) is 6.10 Å². The minimum atomic E-state index is -0.577. The molecule has 2 aromatic rings. The third-order valence-electron chi connectivity index (χ3n) is 3.81. The molecular formula is C21H27NO3. The van der Waals surface area contributed by atoms with Gasteiger partial charge in [0.2, 0.25) is 0 Å². The second kappa shape index (κ2) is 9.72. The van der Waals surface area contributed by atoms with E-state index < -0.39 is 6.10 Å². The summed E-state index contributed by atoms with van der Waals surface area (Å²) < 4.78 is 11.4. The molecule has 25 heavy (non-hydrogen) atoms. The molecular weight excluding hydrogens is 314 g/mol. The number of carbonyl (C=O) groups excluding carboxylic acids is 1. The highest BCUT2D eigenvalue weighted by atomic mass is 16.5. The van der Waals surface area contributed by atoms with E-state index in [0.29, 0.717) is 5.75 Å². The lowest BCUT2D eigenvalue weighted by Gasteiger charge is -2.15. The summed E-state index contributed by atoms with van der Waals surface area (Å²) in [6.45, 7) is 6.62. The fourth-order valence-corrected chi connectivity index (χ4v) is 2.37. The normalized spacial score (nSPS) is 11.6. The number of carbonyl (C=O) groups is 1. The first-order valence-electron chi connectivity index (χ1n) is 8.85. The molecule has 0 aliphatic carbocycles. The first-order chi connectivity index (χ1) is 12.1. The van der Waals surface area contributed by atoms with Crippen LogP contribution < -0.4 is 14.8 Å². The molecule has 4 nitrogen and oxygen atoms in total. The van der Waals surface area contributed by atoms with Crippen molar-refractivity contribution in [3.63, 3.8) is 0 Å². The summed E-state index contributed by atoms with van der Waals surface area (Å²) in [4.78, 5) is 12.3. The van der Waals surface area contributed by atoms with Crippen LogP contribution in [0.1, 0.15) is 38.7 Å². The molecule has 0 fully saturated rings. The number of hydrogen-bond donors (Lipinski definition) is 1. The van der Waals surface area contributed by atoms with Gasteiger partial charge in [-0.25, -0.2) is 0 Å². The number of amides is 1. The average Bonchev–Trinajstić information content (AvgIpc) is 2.60. The van der Waals surface area contributed by atoms with Gasteiger partial charge in [-0.2, -0.15) is 0 Å². The van der Waals surface area contributed by atoms with E-state index in [2.05, 4.69) is 12.2 Å². The highest BCUT2D eigenvalue weighted by Crippen LogP contribution is 2.18. The van der Waals surface area contributed by atoms with Gasteiger partial charge in [0.25, 0.3) is 5.91 Å². The SMILES string of the molecule is CCCCCOc1ccc(NC(=O)C(C)Oc2cccc(C)c2)cc1. The van der Waals surface area contributed by atoms with Crippen molar-refractivity contribution in [3.8, 4) is 11.5 Å². The molecule has 0 aliphatic heterocycles. The third-order valence-corrected chi connectivity index (χ3v) is 3.81. The lowest BCUT2D eigenvalue weighted by molar-refractivity contribution is -0.122. The molecule has 0 bridgehead atoms. The van der Waals surface area contributed by atoms with Crippen molar-refractivity contribution in [1.29, 1.82) is 0 Å². The number of ether oxygens (including phenoxy) is 2. The zero-order chi connectivity index (χ0) is 18.1. The van der Waals surface area contributed by atoms with Crippen LogP contribution in [0.25, 0.3) is 0 Å². The van der Waals surface area contributed by atoms with Gasteiger partial charge in [-0.05, 0) is 62.2 Å². The topological polar surface area (TPSA) is 47.6 Å². The maximum absolute atomic E-state index is 12.3. The van der Waals surface area contributed by atoms with Crippen LogP contribution in [0.2, 0.25) is 0 Å². The molecule has 0 saturated heterocycles. The standard InChI is InChI=1S/C21H27NO3/c1-4-5-6-14-24-19-12-10-18(11-13-19)22-21(23)17(3)25-20-9-7-8-16(2)15-20/h7-13,15,17H,4-6,14H2,1-3H3,(H,22,23). The van der Waals surface area contributed by atoms with Crippen LogP contribution in [0, 0.1) is 6.92 Å². The van der Waals surface area contributed by atoms with Crippen LogP contribution in [-0.4, -0.2) is 18.6 Å². The fraction of sp³-hybridized carbons (Fsp3) is 0.381. The fourth-order valence-electron chi connectivity index (χ4n) is 2.37. The Kier molecular flexibility index (Phi) is 7.33. The van der Waals surface area contributed by atoms with Crippen molar-refractivity contribution in [2.75, 3.05) is 11.9 Å². The zero-order valence-corrected chi connectivity index (χ0v) is 15.2. The largest absolute Gasteiger partial charge is 0.494 e. The number of nitrogens with one attached hydrogen (secondary N) is 1. The predicted octanol–water partition coefficient (Wildman–Crippen LogP) is 4.97. The van der Waals surface area contributed by atoms with Crippen LogP contribution in [0.15, 0.2) is 48.5 Å². The van der Waals surface area contributed by atoms with Gasteiger partial charge in [0.1, 0.15) is 11.5 Å². The Morgan fingerprint density at radius 2 is 1.84 bits per heavy atom. The van der Waals surface area contributed by atoms with Crippen LogP contribution in [0.4, 0.5) is 5.69 Å². The number of unbranched alkanes of at least 4 members (excludes halogenated alkanes) is 2. The van der Waals surface area contributed by atoms with E-state index in [4.69, 9.17) is 9.47 Å². The molecule has 0 saturated carbocycles. The molecule has 0 spiro atoms. The molecule has 0 aromatic heterocycles. The highest BCUT2D eigenvalue weighted by Gasteiger charge is 2.15. The Labute approximate surface area is 150 Å². The van der Waals surface area contributed by atoms with E-state index in [9.17, 15) is 4.79 Å². The van der Waals surface area contributed by atoms with E-state index in [-0.39, 0.29) is 5.91 Å². The van der Waals surface area contributed by atoms with Crippen molar-refractivity contribution in [1.82, 2.24) is 0 Å². The lowest BCUT2D eigenvalue weighted by Crippen LogP contribution is -2.30. The molecule has 2 rings (SSSR count). The van der Waals surface area contributed by atoms with Crippen LogP contribution in [0.3, 0.4) is 0 Å². The smallest absolute Gasteiger partial charge is 0.265 e. The third kappa shape index (κ3) is 6.49. The molecule has 134 valence electrons. The molecule has 0 radical (unpaired) electrons. The van der Waals surface area contributed by atoms with Gasteiger partial charge in [0.05, 0.1) is 6.61 Å². The Bertz CT molecular complexity index is 667. The second-order valence-electron chi connectivity index (χ2n) is 6.15. The number of aryl methyl sites for hydroxylation is 1. The van der Waals surface area contributed by atoms with Crippen molar-refractivity contribution in [2.45, 2.75) is 46.1 Å². The molecule has 1 unspecified atom stereocenters. The van der Waals surface area contributed by atoms with Gasteiger partial charge in [-0.3, -0.25) is 4.79 Å². The van der Waals surface area contributed by atoms with E-state index in [0.717, 1.165) is 30.0 Å². The van der Waals surface area contributed by atoms with Gasteiger partial charge < -0.3 is 14.8 Å². The first kappa shape index (κ1) is 18.8. The van der Waals surface area contributed by atoms with E-state index in [1.165, 1.54) is 12.8 Å². The van der Waals surface area contributed by atoms with Crippen LogP contribution in [-0.2, 0) is 4.79 Å². The Balaban J connectivity index is 1.83. The van der Waals surface area contributed by atoms with Crippen molar-refractivity contribution >= 4 is 11.6 Å². The van der Waals surface area contributed by atoms with Crippen LogP contribution >= 0.6 is 0 Å². The summed E-state index contributed by atoms with van der Waals surface area (Å²) >= 11 is 0. The summed E-state index contributed by atoms with van der Waals surface area (Å²) in [6.07, 6.45) is 2.83. The molecule has 2 aromatic carbocycles. The van der Waals surface area contributed by atoms with Gasteiger partial charge >= 0.3 is 0 Å². The monoisotopic (exact) mass is 341 g/mol. The van der Waals surface area contributed by atoms with Crippen LogP contribution in [0.5, 0.6) is 11.5 Å². The van der Waals surface area contributed by atoms with E-state index >= 15 is 0 Å². The van der Waals surface area contributed by atoms with Gasteiger partial charge in [-0.15, -0.1) is 0 Å². The summed E-state index contributed by atoms with van der Waals surface area (Å²) in [7, 11) is 0. The van der Waals surface area contributed by atoms with Crippen molar-refractivity contribution < 1.29 is 14.3 Å². The summed E-state index contributed by atoms with van der Waals surface area (Å²) in [5.41, 5.74) is 1.82. The molecule has 0 aliphatic rings. The predicted molar refractivity (Wildman–Crippen MR) is 101 cm³/mol. The summed E-state index contributed by atoms with van der Waals surface area (Å²) in [5.74, 6) is 1.33. The number of hydrogen-bond acceptors (Lipinski definition) is 3. The quantitative estimate of drug-likeness (QED) is 0.655. The van der Waals surface area contributed by atoms with Crippen molar-refractivity contribution in [3.05, 3.63) is 54.1 Å². The second-order valence-corrected chi connectivity index (χ2v) is 6.15. The minimum absolute atomic E-state index is 0.182. The molecule has 1 amide bonds. The lowest BCUT2D eigenvalue weighted by atomic mass is 10.2. The van der Waals surface area contributed by atoms with Gasteiger partial charge in [-0.1, -0.05) is 31.9 Å². The Morgan fingerprint density at radius 1 is 1.08 bits per heavy atom. The number of anilines is 1. The van der Waals surface area contributed by atoms with Gasteiger partial charge in [0, 0.05) is 5.69 Å². The minimum Gasteiger partial charge on any atom is -0.494 e. The maximum Gasteiger partial charge on any atom is 0.265 e. The highest BCUT2D eigenvalue weighted by molar-refractivity contribution is 5.94. The Hall–Kier alpha value is -2.49. The zero-order valence-electron chi connectivity index (χ0n) is 15.2. The Morgan fingerprint density at radius 3 is 2.52 bits per heavy atom. The molecule has 4 heteroatoms. The molecule has 1 atom stereocenters. The average molecular weight is 341 g/mol. The number of benzene rings is 2. The van der Waals surface area contributed by atoms with E-state index in [1.807, 2.05) is 55.5 Å². The summed E-state index contributed by atoms with van der Waals surface area (Å²) in [5, 5.41) is 2.86. The first-order valence-corrected chi connectivity index (χ1v) is 8.85. The summed E-state index contributed by atoms with van der Waals surface area (Å²) in [6, 6.07) is 15.1. The van der Waals surface area contributed by atoms with E-state index in [1.54, 1.807) is 6.92 Å². The maximum atomic E-state index is 12.3. The molecule has 1 N–H and O–H groups in total. The molecule has 0 heterocycles.